The number of aromatic nitrogens is 3. The standard InChI is InChI=1S/C24H25N5O3S/c1-16(30)26-18-6-8-19(9-7-18)27-22(31)15-33-23-20-4-2-3-5-21(20)29(24(32)28-23)14-17-10-12-25-13-11-17/h6-13H,2-5,14-15H2,1H3,(H,26,30)(H,27,31). The first-order valence-corrected chi connectivity index (χ1v) is 11.8. The number of hydrogen-bond donors (Lipinski definition) is 2. The monoisotopic (exact) mass is 463 g/mol. The van der Waals surface area contributed by atoms with Crippen LogP contribution in [-0.4, -0.2) is 32.1 Å². The maximum atomic E-state index is 12.9. The molecule has 3 aromatic rings. The molecular weight excluding hydrogens is 438 g/mol. The fourth-order valence-electron chi connectivity index (χ4n) is 3.87. The van der Waals surface area contributed by atoms with Crippen LogP contribution in [0.25, 0.3) is 0 Å². The van der Waals surface area contributed by atoms with Crippen molar-refractivity contribution < 1.29 is 9.59 Å². The van der Waals surface area contributed by atoms with Crippen LogP contribution in [0.3, 0.4) is 0 Å². The summed E-state index contributed by atoms with van der Waals surface area (Å²) in [7, 11) is 0. The first-order valence-electron chi connectivity index (χ1n) is 10.8. The zero-order chi connectivity index (χ0) is 23.2. The molecule has 2 amide bonds. The average molecular weight is 464 g/mol. The van der Waals surface area contributed by atoms with Gasteiger partial charge in [-0.1, -0.05) is 11.8 Å². The molecule has 1 aliphatic rings. The molecule has 2 aromatic heterocycles. The topological polar surface area (TPSA) is 106 Å². The van der Waals surface area contributed by atoms with Crippen molar-refractivity contribution >= 4 is 35.0 Å². The first-order chi connectivity index (χ1) is 16.0. The van der Waals surface area contributed by atoms with Gasteiger partial charge in [0.05, 0.1) is 12.3 Å². The molecule has 0 saturated carbocycles. The molecule has 2 N–H and O–H groups in total. The second-order valence-electron chi connectivity index (χ2n) is 7.87. The summed E-state index contributed by atoms with van der Waals surface area (Å²) in [6.45, 7) is 1.91. The predicted molar refractivity (Wildman–Crippen MR) is 129 cm³/mol. The van der Waals surface area contributed by atoms with Gasteiger partial charge in [-0.2, -0.15) is 4.98 Å². The number of thioether (sulfide) groups is 1. The first kappa shape index (κ1) is 22.7. The highest BCUT2D eigenvalue weighted by Crippen LogP contribution is 2.29. The molecule has 1 aliphatic carbocycles. The maximum absolute atomic E-state index is 12.9. The SMILES string of the molecule is CC(=O)Nc1ccc(NC(=O)CSc2nc(=O)n(Cc3ccncc3)c3c2CCCC3)cc1. The highest BCUT2D eigenvalue weighted by molar-refractivity contribution is 8.00. The summed E-state index contributed by atoms with van der Waals surface area (Å²) in [5.41, 5.74) is 4.12. The van der Waals surface area contributed by atoms with Crippen LogP contribution in [0, 0.1) is 0 Å². The zero-order valence-electron chi connectivity index (χ0n) is 18.3. The number of nitrogens with one attached hydrogen (secondary N) is 2. The predicted octanol–water partition coefficient (Wildman–Crippen LogP) is 3.25. The van der Waals surface area contributed by atoms with E-state index in [0.29, 0.717) is 22.9 Å². The Morgan fingerprint density at radius 2 is 1.67 bits per heavy atom. The molecule has 2 heterocycles. The minimum atomic E-state index is -0.288. The number of nitrogens with zero attached hydrogens (tertiary/aromatic N) is 3. The Kier molecular flexibility index (Phi) is 7.19. The molecule has 33 heavy (non-hydrogen) atoms. The Morgan fingerprint density at radius 1 is 1.00 bits per heavy atom. The van der Waals surface area contributed by atoms with Crippen molar-refractivity contribution in [2.24, 2.45) is 0 Å². The van der Waals surface area contributed by atoms with Crippen LogP contribution >= 0.6 is 11.8 Å². The van der Waals surface area contributed by atoms with Crippen molar-refractivity contribution in [1.82, 2.24) is 14.5 Å². The quantitative estimate of drug-likeness (QED) is 0.412. The van der Waals surface area contributed by atoms with Crippen molar-refractivity contribution in [2.45, 2.75) is 44.2 Å². The van der Waals surface area contributed by atoms with E-state index in [0.717, 1.165) is 42.5 Å². The van der Waals surface area contributed by atoms with E-state index in [-0.39, 0.29) is 23.3 Å². The Morgan fingerprint density at radius 3 is 2.36 bits per heavy atom. The third-order valence-electron chi connectivity index (χ3n) is 5.37. The molecule has 0 spiro atoms. The van der Waals surface area contributed by atoms with E-state index >= 15 is 0 Å². The third kappa shape index (κ3) is 5.87. The number of carbonyl (C=O) groups is 2. The smallest absolute Gasteiger partial charge is 0.326 e. The largest absolute Gasteiger partial charge is 0.349 e. The lowest BCUT2D eigenvalue weighted by molar-refractivity contribution is -0.114. The van der Waals surface area contributed by atoms with E-state index in [1.54, 1.807) is 41.2 Å². The summed E-state index contributed by atoms with van der Waals surface area (Å²) in [6.07, 6.45) is 7.20. The fourth-order valence-corrected chi connectivity index (χ4v) is 4.75. The van der Waals surface area contributed by atoms with Crippen LogP contribution in [0.5, 0.6) is 0 Å². The van der Waals surface area contributed by atoms with Crippen LogP contribution < -0.4 is 16.3 Å². The summed E-state index contributed by atoms with van der Waals surface area (Å²) in [5.74, 6) is -0.179. The molecule has 1 aromatic carbocycles. The van der Waals surface area contributed by atoms with E-state index in [1.165, 1.54) is 18.7 Å². The fraction of sp³-hybridized carbons (Fsp3) is 0.292. The molecule has 0 saturated heterocycles. The minimum Gasteiger partial charge on any atom is -0.326 e. The second-order valence-corrected chi connectivity index (χ2v) is 8.83. The van der Waals surface area contributed by atoms with Gasteiger partial charge in [0.2, 0.25) is 11.8 Å². The molecule has 0 fully saturated rings. The maximum Gasteiger partial charge on any atom is 0.349 e. The summed E-state index contributed by atoms with van der Waals surface area (Å²) in [5, 5.41) is 6.18. The molecule has 9 heteroatoms. The van der Waals surface area contributed by atoms with Gasteiger partial charge in [0.1, 0.15) is 5.03 Å². The summed E-state index contributed by atoms with van der Waals surface area (Å²) in [6, 6.07) is 10.7. The number of carbonyl (C=O) groups excluding carboxylic acids is 2. The van der Waals surface area contributed by atoms with E-state index in [2.05, 4.69) is 20.6 Å². The van der Waals surface area contributed by atoms with E-state index < -0.39 is 0 Å². The molecule has 0 aliphatic heterocycles. The van der Waals surface area contributed by atoms with Crippen LogP contribution in [0.1, 0.15) is 36.6 Å². The molecular formula is C24H25N5O3S. The van der Waals surface area contributed by atoms with Gasteiger partial charge in [0.25, 0.3) is 0 Å². The van der Waals surface area contributed by atoms with Gasteiger partial charge in [-0.05, 0) is 67.6 Å². The van der Waals surface area contributed by atoms with Gasteiger partial charge in [0, 0.05) is 41.9 Å². The molecule has 8 nitrogen and oxygen atoms in total. The van der Waals surface area contributed by atoms with Gasteiger partial charge < -0.3 is 10.6 Å². The van der Waals surface area contributed by atoms with Crippen LogP contribution in [0.2, 0.25) is 0 Å². The van der Waals surface area contributed by atoms with Crippen molar-refractivity contribution in [3.05, 3.63) is 76.1 Å². The van der Waals surface area contributed by atoms with Crippen molar-refractivity contribution in [3.63, 3.8) is 0 Å². The number of fused-ring (bicyclic) bond motifs is 1. The van der Waals surface area contributed by atoms with Gasteiger partial charge in [-0.25, -0.2) is 4.79 Å². The van der Waals surface area contributed by atoms with Crippen molar-refractivity contribution in [2.75, 3.05) is 16.4 Å². The average Bonchev–Trinajstić information content (AvgIpc) is 2.81. The highest BCUT2D eigenvalue weighted by atomic mass is 32.2. The normalized spacial score (nSPS) is 12.6. The number of pyridine rings is 1. The summed E-state index contributed by atoms with van der Waals surface area (Å²) < 4.78 is 1.75. The number of benzene rings is 1. The lowest BCUT2D eigenvalue weighted by Crippen LogP contribution is -2.30. The molecule has 0 atom stereocenters. The van der Waals surface area contributed by atoms with E-state index in [9.17, 15) is 14.4 Å². The van der Waals surface area contributed by atoms with Crippen molar-refractivity contribution in [3.8, 4) is 0 Å². The molecule has 0 unspecified atom stereocenters. The summed E-state index contributed by atoms with van der Waals surface area (Å²) in [4.78, 5) is 44.8. The van der Waals surface area contributed by atoms with E-state index in [4.69, 9.17) is 0 Å². The van der Waals surface area contributed by atoms with E-state index in [1.807, 2.05) is 12.1 Å². The summed E-state index contributed by atoms with van der Waals surface area (Å²) >= 11 is 1.30. The lowest BCUT2D eigenvalue weighted by Gasteiger charge is -2.22. The Balaban J connectivity index is 1.46. The minimum absolute atomic E-state index is 0.151. The number of hydrogen-bond acceptors (Lipinski definition) is 6. The van der Waals surface area contributed by atoms with Gasteiger partial charge in [-0.15, -0.1) is 0 Å². The van der Waals surface area contributed by atoms with Gasteiger partial charge in [-0.3, -0.25) is 19.1 Å². The molecule has 0 radical (unpaired) electrons. The third-order valence-corrected chi connectivity index (χ3v) is 6.39. The number of anilines is 2. The molecule has 170 valence electrons. The van der Waals surface area contributed by atoms with Crippen LogP contribution in [-0.2, 0) is 29.0 Å². The molecule has 4 rings (SSSR count). The van der Waals surface area contributed by atoms with Crippen LogP contribution in [0.15, 0.2) is 58.6 Å². The number of rotatable bonds is 7. The Hall–Kier alpha value is -3.46. The zero-order valence-corrected chi connectivity index (χ0v) is 19.2. The second kappa shape index (κ2) is 10.4. The Labute approximate surface area is 195 Å². The van der Waals surface area contributed by atoms with Crippen molar-refractivity contribution in [1.29, 1.82) is 0 Å². The van der Waals surface area contributed by atoms with Gasteiger partial charge >= 0.3 is 5.69 Å². The van der Waals surface area contributed by atoms with Gasteiger partial charge in [0.15, 0.2) is 0 Å². The Bertz CT molecular complexity index is 1210. The van der Waals surface area contributed by atoms with Crippen LogP contribution in [0.4, 0.5) is 11.4 Å². The highest BCUT2D eigenvalue weighted by Gasteiger charge is 2.21. The number of amides is 2. The lowest BCUT2D eigenvalue weighted by atomic mass is 9.97. The molecule has 0 bridgehead atoms.